The summed E-state index contributed by atoms with van der Waals surface area (Å²) < 4.78 is 1.99. The van der Waals surface area contributed by atoms with Gasteiger partial charge in [-0.25, -0.2) is 0 Å². The van der Waals surface area contributed by atoms with Crippen molar-refractivity contribution in [1.29, 1.82) is 0 Å². The van der Waals surface area contributed by atoms with E-state index in [1.54, 1.807) is 0 Å². The quantitative estimate of drug-likeness (QED) is 0.0432. The maximum Gasteiger partial charge on any atom is 2.00 e. The van der Waals surface area contributed by atoms with Crippen LogP contribution in [0.15, 0.2) is 106 Å². The number of hydrogen-bond donors (Lipinski definition) is 5. The first-order chi connectivity index (χ1) is 32.7. The molecule has 2 fully saturated rings. The molecule has 0 aromatic heterocycles. The van der Waals surface area contributed by atoms with Gasteiger partial charge in [-0.15, -0.1) is 0 Å². The van der Waals surface area contributed by atoms with Gasteiger partial charge >= 0.3 is 17.1 Å². The topological polar surface area (TPSA) is 129 Å². The SMILES string of the molecule is C1CCCC1.CCC(C)(C)C(=O)Nc1cccc(Br)c1.CCN(CCC1CCCC1)c1cccc(NC(=O)C(C)(C)CC)c1.CCNc1cccc(NC(=O)C(C)(C)CC)c1.Nc1cccc(Br)c1.[CH3-].[CH3-].[Fe+2]. The number of amides is 3. The standard InChI is InChI=1S/C21H34N2O.C14H22N2O.C12H16BrNO.C6H6BrN.C5H10.2CH3.Fe/c1-5-21(3,4)20(24)22-18-12-9-13-19(16-18)23(6-2)15-14-17-10-7-8-11-17;1-5-14(3,4)13(17)16-12-9-7-8-11(10-12)15-6-2;1-4-12(2,3)11(15)14-10-7-5-6-9(13)8-10;7-5-2-1-3-6(8)4-5;1-2-4-5-3-1;;;/h9,12-13,16-17H,5-8,10-11,14-15H2,1-4H3,(H,22,24);7-10,15H,5-6H2,1-4H3,(H,16,17);5-8H,4H2,1-3H3,(H,14,15);1-4H,8H2;1-5H2;2*1H3;/q;;;;;2*-1;+2. The Kier molecular flexibility index (Phi) is 36.1. The number of nitrogen functional groups attached to an aromatic ring is 1. The minimum atomic E-state index is -0.330. The molecule has 6 rings (SSSR count). The van der Waals surface area contributed by atoms with Gasteiger partial charge in [0, 0.05) is 78.9 Å². The third-order valence-corrected chi connectivity index (χ3v) is 14.3. The van der Waals surface area contributed by atoms with Gasteiger partial charge in [0.05, 0.1) is 0 Å². The van der Waals surface area contributed by atoms with Gasteiger partial charge in [0.1, 0.15) is 0 Å². The molecule has 0 atom stereocenters. The maximum absolute atomic E-state index is 12.4. The zero-order chi connectivity index (χ0) is 51.5. The Hall–Kier alpha value is -3.83. The van der Waals surface area contributed by atoms with Crippen molar-refractivity contribution in [1.82, 2.24) is 0 Å². The molecule has 2 saturated carbocycles. The van der Waals surface area contributed by atoms with Crippen LogP contribution in [-0.4, -0.2) is 37.4 Å². The number of nitrogens with two attached hydrogens (primary N) is 1. The van der Waals surface area contributed by atoms with Crippen molar-refractivity contribution in [2.24, 2.45) is 22.2 Å². The van der Waals surface area contributed by atoms with Crippen molar-refractivity contribution < 1.29 is 31.5 Å². The van der Waals surface area contributed by atoms with Crippen molar-refractivity contribution in [3.63, 3.8) is 0 Å². The van der Waals surface area contributed by atoms with Gasteiger partial charge < -0.3 is 46.8 Å². The van der Waals surface area contributed by atoms with E-state index < -0.39 is 0 Å². The fourth-order valence-electron chi connectivity index (χ4n) is 7.14. The molecule has 4 aromatic carbocycles. The molecular formula is C60H94Br2FeN6O3. The molecule has 12 heteroatoms. The van der Waals surface area contributed by atoms with Gasteiger partial charge in [-0.1, -0.05) is 176 Å². The van der Waals surface area contributed by atoms with Crippen LogP contribution in [-0.2, 0) is 31.5 Å². The number of carbonyl (C=O) groups excluding carboxylic acids is 3. The number of carbonyl (C=O) groups is 3. The smallest absolute Gasteiger partial charge is 0.399 e. The average Bonchev–Trinajstić information content (AvgIpc) is 4.09. The normalized spacial score (nSPS) is 12.8. The molecule has 6 N–H and O–H groups in total. The molecule has 2 aliphatic rings. The van der Waals surface area contributed by atoms with E-state index in [4.69, 9.17) is 5.73 Å². The van der Waals surface area contributed by atoms with Gasteiger partial charge in [-0.05, 0) is 118 Å². The summed E-state index contributed by atoms with van der Waals surface area (Å²) in [6, 6.07) is 31.2. The van der Waals surface area contributed by atoms with E-state index in [-0.39, 0.29) is 65.9 Å². The molecule has 0 aliphatic heterocycles. The molecule has 404 valence electrons. The minimum Gasteiger partial charge on any atom is -0.399 e. The summed E-state index contributed by atoms with van der Waals surface area (Å²) >= 11 is 6.65. The third kappa shape index (κ3) is 27.5. The number of anilines is 6. The Morgan fingerprint density at radius 3 is 1.33 bits per heavy atom. The Balaban J connectivity index is 0. The molecule has 0 unspecified atom stereocenters. The third-order valence-electron chi connectivity index (χ3n) is 13.3. The molecule has 0 radical (unpaired) electrons. The second-order valence-electron chi connectivity index (χ2n) is 20.1. The summed E-state index contributed by atoms with van der Waals surface area (Å²) in [7, 11) is 0. The fourth-order valence-corrected chi connectivity index (χ4v) is 7.95. The van der Waals surface area contributed by atoms with E-state index in [1.165, 1.54) is 69.9 Å². The fraction of sp³-hybridized carbons (Fsp3) is 0.517. The zero-order valence-electron chi connectivity index (χ0n) is 46.5. The molecule has 0 bridgehead atoms. The zero-order valence-corrected chi connectivity index (χ0v) is 50.8. The van der Waals surface area contributed by atoms with Gasteiger partial charge in [0.25, 0.3) is 0 Å². The maximum atomic E-state index is 12.4. The molecule has 4 aromatic rings. The molecule has 72 heavy (non-hydrogen) atoms. The van der Waals surface area contributed by atoms with E-state index >= 15 is 0 Å². The molecular weight excluding hydrogens is 1070 g/mol. The van der Waals surface area contributed by atoms with E-state index in [2.05, 4.69) is 84.0 Å². The van der Waals surface area contributed by atoms with Gasteiger partial charge in [0.15, 0.2) is 0 Å². The van der Waals surface area contributed by atoms with Crippen molar-refractivity contribution in [3.05, 3.63) is 121 Å². The van der Waals surface area contributed by atoms with Crippen molar-refractivity contribution >= 4 is 83.7 Å². The predicted octanol–water partition coefficient (Wildman–Crippen LogP) is 17.7. The van der Waals surface area contributed by atoms with Crippen molar-refractivity contribution in [2.45, 2.75) is 160 Å². The summed E-state index contributed by atoms with van der Waals surface area (Å²) in [5.74, 6) is 1.13. The van der Waals surface area contributed by atoms with Crippen LogP contribution in [0.1, 0.15) is 160 Å². The second kappa shape index (κ2) is 37.0. The number of nitrogens with one attached hydrogen (secondary N) is 4. The molecule has 2 aliphatic carbocycles. The molecule has 0 heterocycles. The first-order valence-corrected chi connectivity index (χ1v) is 27.2. The molecule has 0 saturated heterocycles. The first-order valence-electron chi connectivity index (χ1n) is 25.6. The van der Waals surface area contributed by atoms with Crippen LogP contribution in [0.2, 0.25) is 0 Å². The Bertz CT molecular complexity index is 2100. The minimum absolute atomic E-state index is 0. The molecule has 3 amide bonds. The van der Waals surface area contributed by atoms with Gasteiger partial charge in [-0.3, -0.25) is 14.4 Å². The van der Waals surface area contributed by atoms with E-state index in [9.17, 15) is 14.4 Å². The Morgan fingerprint density at radius 1 is 0.556 bits per heavy atom. The molecule has 9 nitrogen and oxygen atoms in total. The first kappa shape index (κ1) is 70.2. The van der Waals surface area contributed by atoms with Crippen LogP contribution in [0.3, 0.4) is 0 Å². The second-order valence-corrected chi connectivity index (χ2v) is 21.9. The summed E-state index contributed by atoms with van der Waals surface area (Å²) in [6.45, 7) is 25.1. The number of rotatable bonds is 16. The van der Waals surface area contributed by atoms with E-state index in [1.807, 2.05) is 147 Å². The van der Waals surface area contributed by atoms with Crippen LogP contribution in [0.4, 0.5) is 34.1 Å². The van der Waals surface area contributed by atoms with Crippen LogP contribution in [0, 0.1) is 37.0 Å². The van der Waals surface area contributed by atoms with Crippen molar-refractivity contribution in [2.75, 3.05) is 51.5 Å². The Labute approximate surface area is 466 Å². The number of nitrogens with zero attached hydrogens (tertiary/aromatic N) is 1. The van der Waals surface area contributed by atoms with Crippen LogP contribution in [0.5, 0.6) is 0 Å². The largest absolute Gasteiger partial charge is 2.00 e. The summed E-state index contributed by atoms with van der Waals surface area (Å²) in [5.41, 5.74) is 10.1. The summed E-state index contributed by atoms with van der Waals surface area (Å²) in [6.07, 6.45) is 16.9. The van der Waals surface area contributed by atoms with E-state index in [0.29, 0.717) is 0 Å². The van der Waals surface area contributed by atoms with E-state index in [0.717, 1.165) is 82.2 Å². The Morgan fingerprint density at radius 2 is 0.944 bits per heavy atom. The van der Waals surface area contributed by atoms with Crippen LogP contribution < -0.4 is 31.9 Å². The molecule has 0 spiro atoms. The average molecular weight is 1160 g/mol. The number of hydrogen-bond acceptors (Lipinski definition) is 6. The summed E-state index contributed by atoms with van der Waals surface area (Å²) in [5, 5.41) is 12.2. The summed E-state index contributed by atoms with van der Waals surface area (Å²) in [4.78, 5) is 38.7. The number of halogens is 2. The predicted molar refractivity (Wildman–Crippen MR) is 318 cm³/mol. The van der Waals surface area contributed by atoms with Crippen LogP contribution >= 0.6 is 31.9 Å². The monoisotopic (exact) mass is 1160 g/mol. The number of benzene rings is 4. The van der Waals surface area contributed by atoms with Gasteiger partial charge in [0.2, 0.25) is 17.7 Å². The van der Waals surface area contributed by atoms with Crippen molar-refractivity contribution in [3.8, 4) is 0 Å². The van der Waals surface area contributed by atoms with Crippen LogP contribution in [0.25, 0.3) is 0 Å². The van der Waals surface area contributed by atoms with Gasteiger partial charge in [-0.2, -0.15) is 0 Å².